The van der Waals surface area contributed by atoms with Crippen LogP contribution in [0.1, 0.15) is 103 Å². The van der Waals surface area contributed by atoms with Gasteiger partial charge < -0.3 is 34.6 Å². The van der Waals surface area contributed by atoms with Gasteiger partial charge in [-0.2, -0.15) is 0 Å². The smallest absolute Gasteiger partial charge is 0.310 e. The molecule has 8 bridgehead atoms. The number of nitrogens with one attached hydrogen (secondary N) is 3. The van der Waals surface area contributed by atoms with E-state index >= 15 is 0 Å². The molecule has 2 unspecified atom stereocenters. The number of aromatic amines is 2. The van der Waals surface area contributed by atoms with E-state index < -0.39 is 11.9 Å². The van der Waals surface area contributed by atoms with Crippen molar-refractivity contribution in [2.45, 2.75) is 85.5 Å². The second-order valence-corrected chi connectivity index (χ2v) is 13.4. The molecule has 3 aromatic rings. The molecule has 5 heterocycles. The molecule has 4 N–H and O–H groups in total. The zero-order valence-corrected chi connectivity index (χ0v) is 31.5. The lowest BCUT2D eigenvalue weighted by Crippen LogP contribution is -2.29. The molecule has 0 spiro atoms. The van der Waals surface area contributed by atoms with Crippen molar-refractivity contribution < 1.29 is 33.7 Å². The van der Waals surface area contributed by atoms with Gasteiger partial charge in [0.25, 0.3) is 5.91 Å². The van der Waals surface area contributed by atoms with E-state index in [1.54, 1.807) is 7.11 Å². The van der Waals surface area contributed by atoms with Gasteiger partial charge in [-0.3, -0.25) is 19.4 Å². The lowest BCUT2D eigenvalue weighted by Gasteiger charge is -2.18. The van der Waals surface area contributed by atoms with Crippen LogP contribution in [-0.4, -0.2) is 83.5 Å². The van der Waals surface area contributed by atoms with Crippen molar-refractivity contribution in [1.29, 1.82) is 0 Å². The quantitative estimate of drug-likeness (QED) is 0.112. The molecular formula is C40H51N5O7. The summed E-state index contributed by atoms with van der Waals surface area (Å²) in [6.07, 6.45) is 1.57. The molecule has 0 saturated carbocycles. The molecular weight excluding hydrogens is 662 g/mol. The predicted octanol–water partition coefficient (Wildman–Crippen LogP) is 6.23. The number of aromatic nitrogens is 4. The van der Waals surface area contributed by atoms with Crippen LogP contribution in [0.25, 0.3) is 33.2 Å². The summed E-state index contributed by atoms with van der Waals surface area (Å²) in [5.41, 5.74) is 11.9. The van der Waals surface area contributed by atoms with E-state index in [0.717, 1.165) is 57.3 Å². The summed E-state index contributed by atoms with van der Waals surface area (Å²) in [6.45, 7) is 13.7. The summed E-state index contributed by atoms with van der Waals surface area (Å²) in [5, 5.41) is 12.7. The van der Waals surface area contributed by atoms with Crippen LogP contribution in [0.4, 0.5) is 0 Å². The Hall–Kier alpha value is -4.81. The molecule has 278 valence electrons. The molecule has 0 saturated heterocycles. The predicted molar refractivity (Wildman–Crippen MR) is 201 cm³/mol. The number of hydrogen-bond donors (Lipinski definition) is 4. The number of nitrogens with zero attached hydrogens (tertiary/aromatic N) is 2. The van der Waals surface area contributed by atoms with Gasteiger partial charge in [-0.05, 0) is 86.1 Å². The maximum Gasteiger partial charge on any atom is 0.310 e. The number of H-pyrrole nitrogens is 2. The first-order valence-electron chi connectivity index (χ1n) is 18.0. The van der Waals surface area contributed by atoms with E-state index in [1.165, 1.54) is 12.7 Å². The average Bonchev–Trinajstić information content (AvgIpc) is 3.80. The first-order chi connectivity index (χ1) is 24.9. The second-order valence-electron chi connectivity index (χ2n) is 13.4. The highest BCUT2D eigenvalue weighted by atomic mass is 16.5. The molecule has 5 rings (SSSR count). The van der Waals surface area contributed by atoms with Gasteiger partial charge in [0.2, 0.25) is 0 Å². The molecule has 12 heteroatoms. The fourth-order valence-electron chi connectivity index (χ4n) is 7.40. The van der Waals surface area contributed by atoms with Crippen molar-refractivity contribution in [2.24, 2.45) is 0 Å². The minimum atomic E-state index is -0.927. The third kappa shape index (κ3) is 7.83. The van der Waals surface area contributed by atoms with Crippen molar-refractivity contribution in [2.75, 3.05) is 40.6 Å². The van der Waals surface area contributed by atoms with Crippen molar-refractivity contribution in [3.8, 4) is 0 Å². The Morgan fingerprint density at radius 2 is 1.52 bits per heavy atom. The van der Waals surface area contributed by atoms with Crippen LogP contribution in [0.5, 0.6) is 0 Å². The van der Waals surface area contributed by atoms with Crippen LogP contribution in [0, 0.1) is 13.8 Å². The summed E-state index contributed by atoms with van der Waals surface area (Å²) in [5.74, 6) is -2.37. The number of allylic oxidation sites excluding steroid dienone is 1. The van der Waals surface area contributed by atoms with Gasteiger partial charge in [0, 0.05) is 65.2 Å². The van der Waals surface area contributed by atoms with Gasteiger partial charge in [0.05, 0.1) is 56.0 Å². The molecule has 0 radical (unpaired) electrons. The Morgan fingerprint density at radius 3 is 2.13 bits per heavy atom. The minimum absolute atomic E-state index is 0.0928. The molecule has 0 aliphatic carbocycles. The third-order valence-electron chi connectivity index (χ3n) is 10.4. The number of carboxylic acids is 1. The van der Waals surface area contributed by atoms with Crippen LogP contribution < -0.4 is 5.32 Å². The Balaban J connectivity index is 1.89. The Kier molecular flexibility index (Phi) is 12.3. The zero-order chi connectivity index (χ0) is 37.7. The highest BCUT2D eigenvalue weighted by molar-refractivity contribution is 6.27. The Bertz CT molecular complexity index is 2060. The van der Waals surface area contributed by atoms with Gasteiger partial charge >= 0.3 is 11.9 Å². The minimum Gasteiger partial charge on any atom is -0.481 e. The number of ether oxygens (including phenoxy) is 3. The van der Waals surface area contributed by atoms with E-state index in [-0.39, 0.29) is 50.2 Å². The topological polar surface area (TPSA) is 169 Å². The number of carboxylic acid groups (broad SMARTS) is 1. The van der Waals surface area contributed by atoms with Crippen molar-refractivity contribution in [1.82, 2.24) is 25.3 Å². The van der Waals surface area contributed by atoms with Gasteiger partial charge in [0.1, 0.15) is 0 Å². The van der Waals surface area contributed by atoms with Crippen LogP contribution >= 0.6 is 0 Å². The number of hydrogen-bond acceptors (Lipinski definition) is 8. The third-order valence-corrected chi connectivity index (χ3v) is 10.4. The summed E-state index contributed by atoms with van der Waals surface area (Å²) >= 11 is 0. The number of aliphatic carboxylic acids is 1. The molecule has 52 heavy (non-hydrogen) atoms. The van der Waals surface area contributed by atoms with Gasteiger partial charge in [0.15, 0.2) is 0 Å². The first kappa shape index (κ1) is 38.4. The molecule has 2 aliphatic rings. The molecule has 12 nitrogen and oxygen atoms in total. The highest BCUT2D eigenvalue weighted by Crippen LogP contribution is 2.43. The monoisotopic (exact) mass is 713 g/mol. The Labute approximate surface area is 304 Å². The maximum absolute atomic E-state index is 14.1. The maximum atomic E-state index is 14.1. The lowest BCUT2D eigenvalue weighted by molar-refractivity contribution is -0.140. The van der Waals surface area contributed by atoms with Gasteiger partial charge in [-0.25, -0.2) is 4.98 Å². The van der Waals surface area contributed by atoms with Crippen LogP contribution in [0.15, 0.2) is 18.2 Å². The molecule has 1 amide bonds. The van der Waals surface area contributed by atoms with Crippen LogP contribution in [0.3, 0.4) is 0 Å². The van der Waals surface area contributed by atoms with Crippen molar-refractivity contribution >= 4 is 51.1 Å². The van der Waals surface area contributed by atoms with Crippen LogP contribution in [-0.2, 0) is 47.9 Å². The number of methoxy groups -OCH3 is 2. The lowest BCUT2D eigenvalue weighted by atomic mass is 9.84. The molecule has 2 atom stereocenters. The summed E-state index contributed by atoms with van der Waals surface area (Å²) in [7, 11) is 2.91. The summed E-state index contributed by atoms with van der Waals surface area (Å²) < 4.78 is 15.8. The molecule has 0 aromatic carbocycles. The molecule has 2 aliphatic heterocycles. The largest absolute Gasteiger partial charge is 0.481 e. The van der Waals surface area contributed by atoms with E-state index in [4.69, 9.17) is 24.2 Å². The van der Waals surface area contributed by atoms with Gasteiger partial charge in [-0.1, -0.05) is 20.8 Å². The number of aryl methyl sites for hydroxylation is 4. The fraction of sp³-hybridized carbons (Fsp3) is 0.475. The Morgan fingerprint density at radius 1 is 0.865 bits per heavy atom. The summed E-state index contributed by atoms with van der Waals surface area (Å²) in [4.78, 5) is 56.7. The van der Waals surface area contributed by atoms with Crippen molar-refractivity contribution in [3.63, 3.8) is 0 Å². The van der Waals surface area contributed by atoms with Crippen molar-refractivity contribution in [3.05, 3.63) is 68.8 Å². The number of amides is 1. The van der Waals surface area contributed by atoms with Crippen LogP contribution in [0.2, 0.25) is 0 Å². The number of esters is 1. The standard InChI is InChI=1S/C40H51N5O7/c1-9-25-21(3)29-18-31-23(5)27(11-12-35(46)47)38(44-31)28(17-36(48)51-8)39-37(40(49)41-13-14-52-16-15-50-7)24(6)32(45-39)20-34-26(10-2)22(4)30(43-34)19-33(25)42-29/h18-20,23,27,42-43H,9-17H2,1-8H3,(H,41,49)(H,46,47). The molecule has 3 aromatic heterocycles. The van der Waals surface area contributed by atoms with E-state index in [1.807, 2.05) is 26.0 Å². The fourth-order valence-corrected chi connectivity index (χ4v) is 7.40. The molecule has 0 fully saturated rings. The number of carbonyl (C=O) groups is 3. The zero-order valence-electron chi connectivity index (χ0n) is 31.5. The van der Waals surface area contributed by atoms with E-state index in [0.29, 0.717) is 47.0 Å². The van der Waals surface area contributed by atoms with Gasteiger partial charge in [-0.15, -0.1) is 0 Å². The van der Waals surface area contributed by atoms with E-state index in [9.17, 15) is 19.5 Å². The first-order valence-corrected chi connectivity index (χ1v) is 18.0. The number of rotatable bonds is 14. The average molecular weight is 714 g/mol. The number of fused-ring (bicyclic) bond motifs is 8. The SMILES string of the molecule is CCc1c(C)c2cc3[nH]c(cc4nc(c(CC(=O)OC)c5nc(cc1[nH]2)C(C)=C5C(=O)NCCOCCOC)C(CCC(=O)O)C4C)c(C)c3CC. The van der Waals surface area contributed by atoms with E-state index in [2.05, 4.69) is 49.0 Å². The second kappa shape index (κ2) is 16.7. The number of carbonyl (C=O) groups excluding carboxylic acids is 2. The summed E-state index contributed by atoms with van der Waals surface area (Å²) in [6, 6.07) is 6.15. The normalized spacial score (nSPS) is 15.6. The highest BCUT2D eigenvalue weighted by Gasteiger charge is 2.35.